The number of hydrogen-bond acceptors (Lipinski definition) is 2. The zero-order valence-electron chi connectivity index (χ0n) is 7.50. The molecule has 66 valence electrons. The van der Waals surface area contributed by atoms with Gasteiger partial charge in [0, 0.05) is 25.6 Å². The lowest BCUT2D eigenvalue weighted by Gasteiger charge is -2.19. The SMILES string of the molecule is C=CCCN(CCC#N)C1CC1. The van der Waals surface area contributed by atoms with E-state index in [0.717, 1.165) is 25.6 Å². The third-order valence-electron chi connectivity index (χ3n) is 2.19. The summed E-state index contributed by atoms with van der Waals surface area (Å²) in [6.07, 6.45) is 6.29. The van der Waals surface area contributed by atoms with Crippen LogP contribution in [0.2, 0.25) is 0 Å². The van der Waals surface area contributed by atoms with Gasteiger partial charge in [0.2, 0.25) is 0 Å². The molecular formula is C10H16N2. The molecule has 0 aromatic heterocycles. The van der Waals surface area contributed by atoms with E-state index in [-0.39, 0.29) is 0 Å². The van der Waals surface area contributed by atoms with E-state index in [2.05, 4.69) is 17.5 Å². The highest BCUT2D eigenvalue weighted by molar-refractivity contribution is 4.87. The number of nitriles is 1. The van der Waals surface area contributed by atoms with Gasteiger partial charge in [0.05, 0.1) is 6.07 Å². The lowest BCUT2D eigenvalue weighted by Crippen LogP contribution is -2.27. The molecule has 0 N–H and O–H groups in total. The van der Waals surface area contributed by atoms with Gasteiger partial charge in [0.1, 0.15) is 0 Å². The van der Waals surface area contributed by atoms with E-state index in [9.17, 15) is 0 Å². The Morgan fingerprint density at radius 3 is 2.75 bits per heavy atom. The van der Waals surface area contributed by atoms with Crippen molar-refractivity contribution in [3.8, 4) is 6.07 Å². The molecule has 0 bridgehead atoms. The summed E-state index contributed by atoms with van der Waals surface area (Å²) >= 11 is 0. The van der Waals surface area contributed by atoms with Crippen LogP contribution in [0.5, 0.6) is 0 Å². The van der Waals surface area contributed by atoms with Crippen molar-refractivity contribution in [3.63, 3.8) is 0 Å². The number of nitrogens with zero attached hydrogens (tertiary/aromatic N) is 2. The van der Waals surface area contributed by atoms with E-state index >= 15 is 0 Å². The molecule has 2 heteroatoms. The molecule has 1 aliphatic carbocycles. The van der Waals surface area contributed by atoms with Crippen LogP contribution in [-0.4, -0.2) is 24.0 Å². The van der Waals surface area contributed by atoms with Gasteiger partial charge in [-0.3, -0.25) is 4.90 Å². The summed E-state index contributed by atoms with van der Waals surface area (Å²) in [5.41, 5.74) is 0. The summed E-state index contributed by atoms with van der Waals surface area (Å²) in [6.45, 7) is 5.72. The van der Waals surface area contributed by atoms with Crippen molar-refractivity contribution in [1.29, 1.82) is 5.26 Å². The molecule has 0 aromatic rings. The fourth-order valence-electron chi connectivity index (χ4n) is 1.37. The van der Waals surface area contributed by atoms with Crippen LogP contribution < -0.4 is 0 Å². The summed E-state index contributed by atoms with van der Waals surface area (Å²) in [4.78, 5) is 2.41. The van der Waals surface area contributed by atoms with Gasteiger partial charge >= 0.3 is 0 Å². The van der Waals surface area contributed by atoms with E-state index in [4.69, 9.17) is 5.26 Å². The molecule has 1 aliphatic rings. The zero-order valence-corrected chi connectivity index (χ0v) is 7.50. The second kappa shape index (κ2) is 4.95. The largest absolute Gasteiger partial charge is 0.299 e. The van der Waals surface area contributed by atoms with Crippen LogP contribution in [0.25, 0.3) is 0 Å². The standard InChI is InChI=1S/C10H16N2/c1-2-3-8-12(9-4-7-11)10-5-6-10/h2,10H,1,3-6,8-9H2. The summed E-state index contributed by atoms with van der Waals surface area (Å²) in [5, 5.41) is 8.45. The summed E-state index contributed by atoms with van der Waals surface area (Å²) in [6, 6.07) is 2.97. The first-order chi connectivity index (χ1) is 5.88. The van der Waals surface area contributed by atoms with Crippen molar-refractivity contribution >= 4 is 0 Å². The second-order valence-corrected chi connectivity index (χ2v) is 3.25. The van der Waals surface area contributed by atoms with Crippen LogP contribution in [0.15, 0.2) is 12.7 Å². The zero-order chi connectivity index (χ0) is 8.81. The minimum atomic E-state index is 0.660. The van der Waals surface area contributed by atoms with Crippen molar-refractivity contribution in [2.75, 3.05) is 13.1 Å². The van der Waals surface area contributed by atoms with Gasteiger partial charge in [-0.05, 0) is 19.3 Å². The average molecular weight is 164 g/mol. The molecule has 1 saturated carbocycles. The maximum atomic E-state index is 8.45. The van der Waals surface area contributed by atoms with Crippen molar-refractivity contribution in [1.82, 2.24) is 4.90 Å². The molecule has 0 unspecified atom stereocenters. The molecule has 12 heavy (non-hydrogen) atoms. The Labute approximate surface area is 74.5 Å². The van der Waals surface area contributed by atoms with Gasteiger partial charge in [-0.2, -0.15) is 5.26 Å². The number of hydrogen-bond donors (Lipinski definition) is 0. The predicted octanol–water partition coefficient (Wildman–Crippen LogP) is 1.94. The Kier molecular flexibility index (Phi) is 3.83. The maximum Gasteiger partial charge on any atom is 0.0635 e. The Morgan fingerprint density at radius 1 is 1.50 bits per heavy atom. The van der Waals surface area contributed by atoms with Gasteiger partial charge in [-0.25, -0.2) is 0 Å². The topological polar surface area (TPSA) is 27.0 Å². The van der Waals surface area contributed by atoms with Crippen molar-refractivity contribution < 1.29 is 0 Å². The van der Waals surface area contributed by atoms with Crippen LogP contribution in [0.3, 0.4) is 0 Å². The molecule has 2 nitrogen and oxygen atoms in total. The first-order valence-corrected chi connectivity index (χ1v) is 4.60. The van der Waals surface area contributed by atoms with Gasteiger partial charge < -0.3 is 0 Å². The Morgan fingerprint density at radius 2 is 2.25 bits per heavy atom. The summed E-state index contributed by atoms with van der Waals surface area (Å²) in [7, 11) is 0. The van der Waals surface area contributed by atoms with Gasteiger partial charge in [-0.1, -0.05) is 6.08 Å². The van der Waals surface area contributed by atoms with Crippen LogP contribution in [-0.2, 0) is 0 Å². The molecule has 1 rings (SSSR count). The first-order valence-electron chi connectivity index (χ1n) is 4.60. The Hall–Kier alpha value is -0.810. The monoisotopic (exact) mass is 164 g/mol. The van der Waals surface area contributed by atoms with Gasteiger partial charge in [0.15, 0.2) is 0 Å². The summed E-state index contributed by atoms with van der Waals surface area (Å²) < 4.78 is 0. The fourth-order valence-corrected chi connectivity index (χ4v) is 1.37. The predicted molar refractivity (Wildman–Crippen MR) is 49.6 cm³/mol. The molecule has 0 amide bonds. The van der Waals surface area contributed by atoms with Crippen LogP contribution >= 0.6 is 0 Å². The normalized spacial score (nSPS) is 16.0. The molecule has 0 atom stereocenters. The summed E-state index contributed by atoms with van der Waals surface area (Å²) in [5.74, 6) is 0. The van der Waals surface area contributed by atoms with Gasteiger partial charge in [0.25, 0.3) is 0 Å². The van der Waals surface area contributed by atoms with E-state index in [1.165, 1.54) is 12.8 Å². The van der Waals surface area contributed by atoms with Gasteiger partial charge in [-0.15, -0.1) is 6.58 Å². The molecule has 0 aromatic carbocycles. The van der Waals surface area contributed by atoms with Crippen LogP contribution in [0.1, 0.15) is 25.7 Å². The molecule has 0 saturated heterocycles. The van der Waals surface area contributed by atoms with Crippen molar-refractivity contribution in [2.45, 2.75) is 31.7 Å². The molecule has 1 fully saturated rings. The fraction of sp³-hybridized carbons (Fsp3) is 0.700. The van der Waals surface area contributed by atoms with E-state index in [0.29, 0.717) is 6.42 Å². The third kappa shape index (κ3) is 3.06. The maximum absolute atomic E-state index is 8.45. The molecular weight excluding hydrogens is 148 g/mol. The highest BCUT2D eigenvalue weighted by Gasteiger charge is 2.27. The van der Waals surface area contributed by atoms with Crippen molar-refractivity contribution in [2.24, 2.45) is 0 Å². The highest BCUT2D eigenvalue weighted by atomic mass is 15.2. The van der Waals surface area contributed by atoms with E-state index < -0.39 is 0 Å². The minimum absolute atomic E-state index is 0.660. The smallest absolute Gasteiger partial charge is 0.0635 e. The second-order valence-electron chi connectivity index (χ2n) is 3.25. The van der Waals surface area contributed by atoms with E-state index in [1.807, 2.05) is 6.08 Å². The molecule has 0 aliphatic heterocycles. The average Bonchev–Trinajstić information content (AvgIpc) is 2.88. The van der Waals surface area contributed by atoms with Crippen LogP contribution in [0, 0.1) is 11.3 Å². The van der Waals surface area contributed by atoms with Crippen LogP contribution in [0.4, 0.5) is 0 Å². The first kappa shape index (κ1) is 9.28. The lowest BCUT2D eigenvalue weighted by molar-refractivity contribution is 0.275. The molecule has 0 heterocycles. The number of rotatable bonds is 6. The van der Waals surface area contributed by atoms with E-state index in [1.54, 1.807) is 0 Å². The lowest BCUT2D eigenvalue weighted by atomic mass is 10.3. The highest BCUT2D eigenvalue weighted by Crippen LogP contribution is 2.26. The Bertz CT molecular complexity index is 177. The molecule has 0 radical (unpaired) electrons. The molecule has 0 spiro atoms. The quantitative estimate of drug-likeness (QED) is 0.561. The Balaban J connectivity index is 2.18. The minimum Gasteiger partial charge on any atom is -0.299 e. The van der Waals surface area contributed by atoms with Crippen molar-refractivity contribution in [3.05, 3.63) is 12.7 Å². The third-order valence-corrected chi connectivity index (χ3v) is 2.19.